The van der Waals surface area contributed by atoms with Crippen LogP contribution in [0.25, 0.3) is 5.57 Å². The Balaban J connectivity index is 1.42. The first-order valence-corrected chi connectivity index (χ1v) is 15.9. The topological polar surface area (TPSA) is 42.0 Å². The number of fused-ring (bicyclic) bond motifs is 2. The minimum Gasteiger partial charge on any atom is -0.462 e. The van der Waals surface area contributed by atoms with Gasteiger partial charge in [-0.25, -0.2) is 4.79 Å². The summed E-state index contributed by atoms with van der Waals surface area (Å²) in [6.45, 7) is 12.4. The summed E-state index contributed by atoms with van der Waals surface area (Å²) < 4.78 is 12.3. The van der Waals surface area contributed by atoms with E-state index in [0.29, 0.717) is 24.1 Å². The number of benzene rings is 2. The molecule has 0 unspecified atom stereocenters. The average molecular weight is 630 g/mol. The van der Waals surface area contributed by atoms with Crippen LogP contribution in [0.4, 0.5) is 5.69 Å². The molecule has 2 atom stereocenters. The predicted octanol–water partition coefficient (Wildman–Crippen LogP) is 7.86. The van der Waals surface area contributed by atoms with Crippen molar-refractivity contribution < 1.29 is 14.3 Å². The number of allylic oxidation sites excluding steroid dienone is 1. The summed E-state index contributed by atoms with van der Waals surface area (Å²) in [6.07, 6.45) is 5.88. The van der Waals surface area contributed by atoms with Crippen LogP contribution >= 0.6 is 27.5 Å². The van der Waals surface area contributed by atoms with Gasteiger partial charge in [0.25, 0.3) is 0 Å². The van der Waals surface area contributed by atoms with Crippen molar-refractivity contribution in [2.45, 2.75) is 58.9 Å². The van der Waals surface area contributed by atoms with Crippen LogP contribution in [0, 0.1) is 11.3 Å². The average Bonchev–Trinajstić information content (AvgIpc) is 2.96. The Hall–Kier alpha value is -1.86. The fourth-order valence-electron chi connectivity index (χ4n) is 6.74. The van der Waals surface area contributed by atoms with E-state index in [1.165, 1.54) is 30.4 Å². The maximum absolute atomic E-state index is 12.3. The summed E-state index contributed by atoms with van der Waals surface area (Å²) in [6, 6.07) is 14.8. The lowest BCUT2D eigenvalue weighted by Crippen LogP contribution is -2.56. The van der Waals surface area contributed by atoms with Gasteiger partial charge in [-0.2, -0.15) is 0 Å². The highest BCUT2D eigenvalue weighted by molar-refractivity contribution is 9.10. The van der Waals surface area contributed by atoms with Crippen molar-refractivity contribution in [1.29, 1.82) is 0 Å². The normalized spacial score (nSPS) is 24.1. The van der Waals surface area contributed by atoms with Gasteiger partial charge in [0.2, 0.25) is 0 Å². The highest BCUT2D eigenvalue weighted by atomic mass is 79.9. The van der Waals surface area contributed by atoms with Gasteiger partial charge in [-0.15, -0.1) is 0 Å². The zero-order valence-electron chi connectivity index (χ0n) is 24.1. The van der Waals surface area contributed by atoms with Gasteiger partial charge in [-0.1, -0.05) is 44.0 Å². The van der Waals surface area contributed by atoms with E-state index < -0.39 is 0 Å². The first kappa shape index (κ1) is 29.6. The van der Waals surface area contributed by atoms with Crippen LogP contribution in [0.1, 0.15) is 68.8 Å². The van der Waals surface area contributed by atoms with Crippen molar-refractivity contribution in [3.63, 3.8) is 0 Å². The van der Waals surface area contributed by atoms with Gasteiger partial charge >= 0.3 is 5.97 Å². The van der Waals surface area contributed by atoms with E-state index in [1.54, 1.807) is 5.57 Å². The third-order valence-corrected chi connectivity index (χ3v) is 9.63. The highest BCUT2D eigenvalue weighted by Crippen LogP contribution is 2.48. The van der Waals surface area contributed by atoms with Crippen molar-refractivity contribution in [1.82, 2.24) is 4.90 Å². The van der Waals surface area contributed by atoms with Crippen molar-refractivity contribution in [2.24, 2.45) is 11.3 Å². The summed E-state index contributed by atoms with van der Waals surface area (Å²) >= 11 is 9.89. The number of hydrogen-bond donors (Lipinski definition) is 0. The summed E-state index contributed by atoms with van der Waals surface area (Å²) in [4.78, 5) is 17.4. The van der Waals surface area contributed by atoms with Crippen LogP contribution in [0.5, 0.6) is 0 Å². The number of halogens is 2. The molecule has 1 aliphatic carbocycles. The Bertz CT molecular complexity index is 1230. The maximum atomic E-state index is 12.3. The van der Waals surface area contributed by atoms with Gasteiger partial charge in [-0.3, -0.25) is 4.90 Å². The summed E-state index contributed by atoms with van der Waals surface area (Å²) in [5, 5.41) is 0.790. The molecule has 0 radical (unpaired) electrons. The number of esters is 1. The summed E-state index contributed by atoms with van der Waals surface area (Å²) in [7, 11) is 0. The zero-order chi connectivity index (χ0) is 28.3. The zero-order valence-corrected chi connectivity index (χ0v) is 26.4. The van der Waals surface area contributed by atoms with E-state index in [0.717, 1.165) is 67.4 Å². The van der Waals surface area contributed by atoms with Gasteiger partial charge in [0.15, 0.2) is 0 Å². The molecule has 0 saturated carbocycles. The molecule has 216 valence electrons. The Kier molecular flexibility index (Phi) is 9.61. The molecule has 0 aromatic heterocycles. The first-order chi connectivity index (χ1) is 19.2. The van der Waals surface area contributed by atoms with Crippen LogP contribution in [0.3, 0.4) is 0 Å². The van der Waals surface area contributed by atoms with E-state index in [4.69, 9.17) is 21.1 Å². The van der Waals surface area contributed by atoms with E-state index in [-0.39, 0.29) is 11.4 Å². The number of carbonyl (C=O) groups excluding carboxylic acids is 1. The Labute approximate surface area is 253 Å². The minimum atomic E-state index is -0.294. The molecule has 3 aliphatic rings. The highest BCUT2D eigenvalue weighted by Gasteiger charge is 2.37. The molecule has 7 heteroatoms. The molecule has 2 fully saturated rings. The van der Waals surface area contributed by atoms with Gasteiger partial charge < -0.3 is 14.4 Å². The second-order valence-electron chi connectivity index (χ2n) is 12.3. The van der Waals surface area contributed by atoms with Crippen LogP contribution in [-0.4, -0.2) is 62.9 Å². The quantitative estimate of drug-likeness (QED) is 0.322. The van der Waals surface area contributed by atoms with Crippen LogP contribution in [0.15, 0.2) is 52.5 Å². The molecule has 2 heterocycles. The lowest BCUT2D eigenvalue weighted by Gasteiger charge is -2.45. The molecule has 40 heavy (non-hydrogen) atoms. The maximum Gasteiger partial charge on any atom is 0.339 e. The van der Waals surface area contributed by atoms with Crippen molar-refractivity contribution in [3.8, 4) is 0 Å². The Morgan fingerprint density at radius 1 is 1.15 bits per heavy atom. The molecule has 0 amide bonds. The number of nitrogens with zero attached hydrogens (tertiary/aromatic N) is 2. The second kappa shape index (κ2) is 13.0. The van der Waals surface area contributed by atoms with Gasteiger partial charge in [0, 0.05) is 48.0 Å². The molecule has 0 spiro atoms. The third-order valence-electron chi connectivity index (χ3n) is 8.72. The van der Waals surface area contributed by atoms with Gasteiger partial charge in [-0.05, 0) is 107 Å². The Morgan fingerprint density at radius 2 is 1.95 bits per heavy atom. The second-order valence-corrected chi connectivity index (χ2v) is 13.6. The Morgan fingerprint density at radius 3 is 2.70 bits per heavy atom. The standard InChI is InChI=1S/C33H42BrClN2O3/c1-4-40-32(38)28-13-12-26(17-31(28)34)36-14-15-37-21-30-24(7-5-6-16-39-22-27(37)20-36)18-33(2,3)19-29(30)23-8-10-25(35)11-9-23/h8-13,17,24,27H,4-7,14-16,18-22H2,1-3H3/t24-,27+/m1/s1. The number of ether oxygens (including phenoxy) is 2. The molecular weight excluding hydrogens is 588 g/mol. The largest absolute Gasteiger partial charge is 0.462 e. The number of hydrogen-bond acceptors (Lipinski definition) is 5. The number of rotatable bonds is 4. The van der Waals surface area contributed by atoms with Gasteiger partial charge in [0.05, 0.1) is 24.8 Å². The fraction of sp³-hybridized carbons (Fsp3) is 0.545. The molecule has 0 N–H and O–H groups in total. The lowest BCUT2D eigenvalue weighted by molar-refractivity contribution is 0.0525. The SMILES string of the molecule is CCOC(=O)c1ccc(N2CCN3CC4=C(c5ccc(Cl)cc5)CC(C)(C)C[C@H]4CCCCOC[C@@H]3C2)cc1Br. The third kappa shape index (κ3) is 6.95. The lowest BCUT2D eigenvalue weighted by atomic mass is 9.66. The summed E-state index contributed by atoms with van der Waals surface area (Å²) in [5.74, 6) is 0.301. The van der Waals surface area contributed by atoms with Crippen LogP contribution in [-0.2, 0) is 9.47 Å². The molecular formula is C33H42BrClN2O3. The molecule has 2 aromatic rings. The molecule has 2 aliphatic heterocycles. The van der Waals surface area contributed by atoms with E-state index in [1.807, 2.05) is 31.2 Å². The molecule has 2 saturated heterocycles. The first-order valence-electron chi connectivity index (χ1n) is 14.8. The monoisotopic (exact) mass is 628 g/mol. The van der Waals surface area contributed by atoms with Crippen LogP contribution < -0.4 is 4.90 Å². The van der Waals surface area contributed by atoms with Crippen molar-refractivity contribution in [3.05, 3.63) is 68.7 Å². The van der Waals surface area contributed by atoms with E-state index in [9.17, 15) is 4.79 Å². The molecule has 5 nitrogen and oxygen atoms in total. The van der Waals surface area contributed by atoms with Crippen molar-refractivity contribution >= 4 is 44.8 Å². The number of carbonyl (C=O) groups is 1. The smallest absolute Gasteiger partial charge is 0.339 e. The van der Waals surface area contributed by atoms with Gasteiger partial charge in [0.1, 0.15) is 0 Å². The molecule has 5 rings (SSSR count). The molecule has 0 bridgehead atoms. The number of piperazine rings is 1. The predicted molar refractivity (Wildman–Crippen MR) is 167 cm³/mol. The van der Waals surface area contributed by atoms with E-state index in [2.05, 4.69) is 57.8 Å². The molecule has 2 aromatic carbocycles. The number of anilines is 1. The van der Waals surface area contributed by atoms with Crippen molar-refractivity contribution in [2.75, 3.05) is 50.9 Å². The van der Waals surface area contributed by atoms with Crippen LogP contribution in [0.2, 0.25) is 5.02 Å². The summed E-state index contributed by atoms with van der Waals surface area (Å²) in [5.41, 5.74) is 6.44. The minimum absolute atomic E-state index is 0.279. The van der Waals surface area contributed by atoms with E-state index >= 15 is 0 Å². The fourth-order valence-corrected chi connectivity index (χ4v) is 7.40.